The molecule has 1 N–H and O–H groups in total. The van der Waals surface area contributed by atoms with Gasteiger partial charge in [0.15, 0.2) is 0 Å². The number of aryl methyl sites for hydroxylation is 1. The van der Waals surface area contributed by atoms with E-state index in [9.17, 15) is 4.79 Å². The molecule has 6 heteroatoms. The van der Waals surface area contributed by atoms with Crippen LogP contribution in [0.2, 0.25) is 5.02 Å². The van der Waals surface area contributed by atoms with Crippen LogP contribution < -0.4 is 5.32 Å². The maximum atomic E-state index is 12.6. The Kier molecular flexibility index (Phi) is 4.92. The highest BCUT2D eigenvalue weighted by Crippen LogP contribution is 2.28. The monoisotopic (exact) mass is 357 g/mol. The fourth-order valence-electron chi connectivity index (χ4n) is 2.37. The maximum Gasteiger partial charge on any atom is 0.263 e. The van der Waals surface area contributed by atoms with Gasteiger partial charge in [-0.15, -0.1) is 11.3 Å². The lowest BCUT2D eigenvalue weighted by atomic mass is 10.1. The Labute approximate surface area is 149 Å². The number of rotatable bonds is 4. The summed E-state index contributed by atoms with van der Waals surface area (Å²) in [5.41, 5.74) is 2.35. The van der Waals surface area contributed by atoms with Crippen LogP contribution in [0.4, 0.5) is 0 Å². The second kappa shape index (κ2) is 7.11. The van der Waals surface area contributed by atoms with Crippen LogP contribution in [0.1, 0.15) is 33.9 Å². The van der Waals surface area contributed by atoms with Crippen molar-refractivity contribution in [2.75, 3.05) is 0 Å². The minimum Gasteiger partial charge on any atom is -0.345 e. The van der Waals surface area contributed by atoms with Gasteiger partial charge in [0.1, 0.15) is 9.88 Å². The van der Waals surface area contributed by atoms with Crippen LogP contribution in [0.3, 0.4) is 0 Å². The number of aromatic nitrogens is 2. The van der Waals surface area contributed by atoms with Crippen LogP contribution in [0.5, 0.6) is 0 Å². The number of nitrogens with zero attached hydrogens (tertiary/aromatic N) is 2. The first-order valence-electron chi connectivity index (χ1n) is 7.50. The molecule has 0 aliphatic heterocycles. The van der Waals surface area contributed by atoms with Crippen molar-refractivity contribution in [2.24, 2.45) is 0 Å². The predicted octanol–water partition coefficient (Wildman–Crippen LogP) is 4.66. The average molecular weight is 358 g/mol. The van der Waals surface area contributed by atoms with Gasteiger partial charge in [0.2, 0.25) is 0 Å². The van der Waals surface area contributed by atoms with Crippen LogP contribution in [-0.4, -0.2) is 15.9 Å². The molecule has 1 atom stereocenters. The maximum absolute atomic E-state index is 12.6. The van der Waals surface area contributed by atoms with E-state index in [2.05, 4.69) is 15.3 Å². The van der Waals surface area contributed by atoms with Crippen molar-refractivity contribution in [3.63, 3.8) is 0 Å². The second-order valence-corrected chi connectivity index (χ2v) is 6.77. The number of pyridine rings is 1. The first-order valence-corrected chi connectivity index (χ1v) is 8.70. The van der Waals surface area contributed by atoms with Gasteiger partial charge in [0.05, 0.1) is 17.4 Å². The summed E-state index contributed by atoms with van der Waals surface area (Å²) in [6.07, 6.45) is 1.71. The third-order valence-electron chi connectivity index (χ3n) is 3.61. The van der Waals surface area contributed by atoms with Gasteiger partial charge < -0.3 is 5.32 Å². The van der Waals surface area contributed by atoms with E-state index in [0.717, 1.165) is 16.3 Å². The highest BCUT2D eigenvalue weighted by molar-refractivity contribution is 7.17. The number of hydrogen-bond acceptors (Lipinski definition) is 4. The third-order valence-corrected chi connectivity index (χ3v) is 5.13. The van der Waals surface area contributed by atoms with E-state index in [4.69, 9.17) is 11.6 Å². The fraction of sp³-hybridized carbons (Fsp3) is 0.167. The molecule has 0 saturated carbocycles. The van der Waals surface area contributed by atoms with Crippen molar-refractivity contribution >= 4 is 28.8 Å². The Morgan fingerprint density at radius 2 is 1.96 bits per heavy atom. The quantitative estimate of drug-likeness (QED) is 0.738. The Morgan fingerprint density at radius 3 is 2.67 bits per heavy atom. The fourth-order valence-corrected chi connectivity index (χ4v) is 3.62. The summed E-state index contributed by atoms with van der Waals surface area (Å²) < 4.78 is 0. The summed E-state index contributed by atoms with van der Waals surface area (Å²) in [6.45, 7) is 3.74. The second-order valence-electron chi connectivity index (χ2n) is 5.37. The molecule has 3 rings (SSSR count). The SMILES string of the molecule is Cc1nc(-c2ccccn2)sc1C(=O)N[C@H](C)c1ccccc1Cl. The molecule has 1 aromatic carbocycles. The van der Waals surface area contributed by atoms with Crippen LogP contribution in [-0.2, 0) is 0 Å². The van der Waals surface area contributed by atoms with Gasteiger partial charge >= 0.3 is 0 Å². The van der Waals surface area contributed by atoms with Crippen LogP contribution >= 0.6 is 22.9 Å². The molecule has 3 aromatic rings. The molecule has 0 aliphatic rings. The number of nitrogens with one attached hydrogen (secondary N) is 1. The molecule has 1 amide bonds. The van der Waals surface area contributed by atoms with Gasteiger partial charge in [-0.1, -0.05) is 35.9 Å². The molecule has 0 spiro atoms. The molecule has 24 heavy (non-hydrogen) atoms. The van der Waals surface area contributed by atoms with Crippen molar-refractivity contribution in [3.05, 3.63) is 69.8 Å². The zero-order chi connectivity index (χ0) is 17.1. The van der Waals surface area contributed by atoms with Crippen molar-refractivity contribution < 1.29 is 4.79 Å². The Morgan fingerprint density at radius 1 is 1.21 bits per heavy atom. The number of carbonyl (C=O) groups is 1. The summed E-state index contributed by atoms with van der Waals surface area (Å²) in [6, 6.07) is 12.9. The number of thiazole rings is 1. The minimum atomic E-state index is -0.189. The summed E-state index contributed by atoms with van der Waals surface area (Å²) >= 11 is 7.54. The van der Waals surface area contributed by atoms with Gasteiger partial charge in [0, 0.05) is 11.2 Å². The summed E-state index contributed by atoms with van der Waals surface area (Å²) in [7, 11) is 0. The molecular formula is C18H16ClN3OS. The summed E-state index contributed by atoms with van der Waals surface area (Å²) in [4.78, 5) is 21.9. The molecule has 0 aliphatic carbocycles. The average Bonchev–Trinajstić information content (AvgIpc) is 2.98. The number of amides is 1. The van der Waals surface area contributed by atoms with Gasteiger partial charge in [-0.25, -0.2) is 4.98 Å². The standard InChI is InChI=1S/C18H16ClN3OS/c1-11(13-7-3-4-8-14(13)19)21-17(23)16-12(2)22-18(24-16)15-9-5-6-10-20-15/h3-11H,1-2H3,(H,21,23)/t11-/m1/s1. The summed E-state index contributed by atoms with van der Waals surface area (Å²) in [5, 5.41) is 4.36. The van der Waals surface area contributed by atoms with E-state index in [1.807, 2.05) is 56.3 Å². The van der Waals surface area contributed by atoms with E-state index in [1.165, 1.54) is 11.3 Å². The normalized spacial score (nSPS) is 12.0. The lowest BCUT2D eigenvalue weighted by Gasteiger charge is -2.15. The predicted molar refractivity (Wildman–Crippen MR) is 97.4 cm³/mol. The topological polar surface area (TPSA) is 54.9 Å². The van der Waals surface area contributed by atoms with Crippen LogP contribution in [0.15, 0.2) is 48.7 Å². The van der Waals surface area contributed by atoms with Gasteiger partial charge in [-0.2, -0.15) is 0 Å². The van der Waals surface area contributed by atoms with Crippen molar-refractivity contribution in [1.29, 1.82) is 0 Å². The van der Waals surface area contributed by atoms with Crippen LogP contribution in [0, 0.1) is 6.92 Å². The van der Waals surface area contributed by atoms with E-state index >= 15 is 0 Å². The molecular weight excluding hydrogens is 342 g/mol. The van der Waals surface area contributed by atoms with Gasteiger partial charge in [0.25, 0.3) is 5.91 Å². The molecule has 122 valence electrons. The third kappa shape index (κ3) is 3.47. The summed E-state index contributed by atoms with van der Waals surface area (Å²) in [5.74, 6) is -0.153. The number of hydrogen-bond donors (Lipinski definition) is 1. The number of halogens is 1. The Bertz CT molecular complexity index is 864. The van der Waals surface area contributed by atoms with Crippen LogP contribution in [0.25, 0.3) is 10.7 Å². The number of benzene rings is 1. The number of carbonyl (C=O) groups excluding carboxylic acids is 1. The smallest absolute Gasteiger partial charge is 0.263 e. The lowest BCUT2D eigenvalue weighted by Crippen LogP contribution is -2.26. The molecule has 0 bridgehead atoms. The van der Waals surface area contributed by atoms with Gasteiger partial charge in [-0.3, -0.25) is 9.78 Å². The zero-order valence-corrected chi connectivity index (χ0v) is 14.9. The molecule has 2 heterocycles. The van der Waals surface area contributed by atoms with Crippen molar-refractivity contribution in [1.82, 2.24) is 15.3 Å². The molecule has 0 fully saturated rings. The highest BCUT2D eigenvalue weighted by Gasteiger charge is 2.19. The molecule has 4 nitrogen and oxygen atoms in total. The first kappa shape index (κ1) is 16.6. The largest absolute Gasteiger partial charge is 0.345 e. The van der Waals surface area contributed by atoms with Crippen molar-refractivity contribution in [2.45, 2.75) is 19.9 Å². The Hall–Kier alpha value is -2.24. The van der Waals surface area contributed by atoms with E-state index in [0.29, 0.717) is 15.6 Å². The van der Waals surface area contributed by atoms with E-state index < -0.39 is 0 Å². The van der Waals surface area contributed by atoms with Crippen molar-refractivity contribution in [3.8, 4) is 10.7 Å². The molecule has 0 radical (unpaired) electrons. The molecule has 2 aromatic heterocycles. The highest BCUT2D eigenvalue weighted by atomic mass is 35.5. The zero-order valence-electron chi connectivity index (χ0n) is 13.3. The molecule has 0 unspecified atom stereocenters. The van der Waals surface area contributed by atoms with Gasteiger partial charge in [-0.05, 0) is 37.6 Å². The lowest BCUT2D eigenvalue weighted by molar-refractivity contribution is 0.0943. The van der Waals surface area contributed by atoms with E-state index in [1.54, 1.807) is 6.20 Å². The Balaban J connectivity index is 1.81. The van der Waals surface area contributed by atoms with E-state index in [-0.39, 0.29) is 11.9 Å². The first-order chi connectivity index (χ1) is 11.6. The minimum absolute atomic E-state index is 0.153. The molecule has 0 saturated heterocycles.